The average molecular weight is 475 g/mol. The lowest BCUT2D eigenvalue weighted by molar-refractivity contribution is 0.0730. The van der Waals surface area contributed by atoms with Gasteiger partial charge in [-0.25, -0.2) is 8.42 Å². The minimum absolute atomic E-state index is 0.265. The number of anilines is 3. The van der Waals surface area contributed by atoms with Crippen molar-refractivity contribution in [3.63, 3.8) is 0 Å². The first-order valence-corrected chi connectivity index (χ1v) is 12.9. The Hall–Kier alpha value is -2.20. The Balaban J connectivity index is 1.63. The van der Waals surface area contributed by atoms with Gasteiger partial charge in [-0.15, -0.1) is 0 Å². The molecule has 0 spiro atoms. The zero-order valence-corrected chi connectivity index (χ0v) is 20.0. The van der Waals surface area contributed by atoms with Crippen LogP contribution in [0.3, 0.4) is 0 Å². The third-order valence-corrected chi connectivity index (χ3v) is 8.01. The van der Waals surface area contributed by atoms with E-state index in [1.807, 2.05) is 37.3 Å². The van der Waals surface area contributed by atoms with Crippen molar-refractivity contribution in [1.82, 2.24) is 4.31 Å². The van der Waals surface area contributed by atoms with Crippen LogP contribution in [0.15, 0.2) is 47.4 Å². The van der Waals surface area contributed by atoms with Gasteiger partial charge in [0.1, 0.15) is 0 Å². The summed E-state index contributed by atoms with van der Waals surface area (Å²) in [5, 5.41) is 6.93. The summed E-state index contributed by atoms with van der Waals surface area (Å²) >= 11 is 5.58. The zero-order chi connectivity index (χ0) is 22.6. The molecule has 0 aromatic heterocycles. The van der Waals surface area contributed by atoms with Gasteiger partial charge in [-0.2, -0.15) is 4.31 Å². The molecule has 0 aliphatic carbocycles. The van der Waals surface area contributed by atoms with Crippen molar-refractivity contribution in [2.45, 2.75) is 31.1 Å². The number of para-hydroxylation sites is 1. The number of sulfonamides is 1. The lowest BCUT2D eigenvalue weighted by atomic mass is 10.1. The summed E-state index contributed by atoms with van der Waals surface area (Å²) in [5.41, 5.74) is 3.67. The van der Waals surface area contributed by atoms with E-state index in [1.165, 1.54) is 10.7 Å². The second kappa shape index (κ2) is 10.2. The molecule has 4 rings (SSSR count). The topological polar surface area (TPSA) is 73.9 Å². The van der Waals surface area contributed by atoms with Gasteiger partial charge in [-0.05, 0) is 68.2 Å². The molecule has 32 heavy (non-hydrogen) atoms. The molecule has 2 aliphatic rings. The highest BCUT2D eigenvalue weighted by atomic mass is 32.2. The van der Waals surface area contributed by atoms with Crippen molar-refractivity contribution >= 4 is 44.4 Å². The molecule has 0 amide bonds. The highest BCUT2D eigenvalue weighted by Gasteiger charge is 2.28. The highest BCUT2D eigenvalue weighted by Crippen LogP contribution is 2.32. The molecule has 9 heteroatoms. The van der Waals surface area contributed by atoms with E-state index in [0.29, 0.717) is 37.1 Å². The molecule has 2 aromatic carbocycles. The van der Waals surface area contributed by atoms with Crippen molar-refractivity contribution in [3.05, 3.63) is 48.0 Å². The van der Waals surface area contributed by atoms with Crippen LogP contribution in [0.25, 0.3) is 0 Å². The molecule has 0 radical (unpaired) electrons. The van der Waals surface area contributed by atoms with Crippen LogP contribution in [-0.4, -0.2) is 57.2 Å². The van der Waals surface area contributed by atoms with Gasteiger partial charge in [0.2, 0.25) is 10.0 Å². The Morgan fingerprint density at radius 1 is 0.938 bits per heavy atom. The Bertz CT molecular complexity index is 1060. The molecular formula is C23H30N4O3S2. The number of hydrogen-bond acceptors (Lipinski definition) is 5. The maximum atomic E-state index is 13.2. The maximum absolute atomic E-state index is 13.2. The molecule has 7 nitrogen and oxygen atoms in total. The summed E-state index contributed by atoms with van der Waals surface area (Å²) in [6.45, 7) is 5.48. The lowest BCUT2D eigenvalue weighted by Gasteiger charge is -2.31. The van der Waals surface area contributed by atoms with Crippen LogP contribution in [0.1, 0.15) is 24.8 Å². The predicted molar refractivity (Wildman–Crippen MR) is 133 cm³/mol. The summed E-state index contributed by atoms with van der Waals surface area (Å²) in [6, 6.07) is 13.2. The predicted octanol–water partition coefficient (Wildman–Crippen LogP) is 3.82. The Morgan fingerprint density at radius 3 is 2.34 bits per heavy atom. The molecule has 2 N–H and O–H groups in total. The zero-order valence-electron chi connectivity index (χ0n) is 18.3. The summed E-state index contributed by atoms with van der Waals surface area (Å²) in [4.78, 5) is 2.56. The lowest BCUT2D eigenvalue weighted by Crippen LogP contribution is -2.40. The summed E-state index contributed by atoms with van der Waals surface area (Å²) in [5.74, 6) is 0. The normalized spacial score (nSPS) is 17.7. The van der Waals surface area contributed by atoms with Crippen molar-refractivity contribution in [3.8, 4) is 0 Å². The van der Waals surface area contributed by atoms with E-state index in [4.69, 9.17) is 17.0 Å². The van der Waals surface area contributed by atoms with Gasteiger partial charge in [-0.1, -0.05) is 18.2 Å². The number of piperidine rings is 1. The second-order valence-electron chi connectivity index (χ2n) is 8.14. The van der Waals surface area contributed by atoms with Crippen molar-refractivity contribution < 1.29 is 13.2 Å². The average Bonchev–Trinajstić information content (AvgIpc) is 2.81. The van der Waals surface area contributed by atoms with Crippen LogP contribution in [0, 0.1) is 6.92 Å². The number of nitrogens with zero attached hydrogens (tertiary/aromatic N) is 2. The minimum atomic E-state index is -3.60. The number of rotatable bonds is 5. The number of hydrogen-bond donors (Lipinski definition) is 2. The standard InChI is InChI=1S/C23H30N4O3S2/c1-18-7-3-4-8-20(18)24-23(31)25-21-17-19(32(28,29)27-13-15-30-16-14-27)9-10-22(21)26-11-5-2-6-12-26/h3-4,7-10,17H,2,5-6,11-16H2,1H3,(H2,24,25,31). The maximum Gasteiger partial charge on any atom is 0.243 e. The van der Waals surface area contributed by atoms with Crippen LogP contribution in [-0.2, 0) is 14.8 Å². The molecule has 172 valence electrons. The van der Waals surface area contributed by atoms with E-state index in [9.17, 15) is 8.42 Å². The molecule has 0 bridgehead atoms. The number of benzene rings is 2. The number of ether oxygens (including phenoxy) is 1. The number of aryl methyl sites for hydroxylation is 1. The largest absolute Gasteiger partial charge is 0.379 e. The summed E-state index contributed by atoms with van der Waals surface area (Å²) in [7, 11) is -3.60. The molecule has 2 aliphatic heterocycles. The SMILES string of the molecule is Cc1ccccc1NC(=S)Nc1cc(S(=O)(=O)N2CCOCC2)ccc1N1CCCCC1. The van der Waals surface area contributed by atoms with Gasteiger partial charge in [-0.3, -0.25) is 0 Å². The third-order valence-electron chi connectivity index (χ3n) is 5.91. The van der Waals surface area contributed by atoms with Crippen molar-refractivity contribution in [1.29, 1.82) is 0 Å². The van der Waals surface area contributed by atoms with Crippen LogP contribution < -0.4 is 15.5 Å². The first kappa shape index (κ1) is 23.0. The van der Waals surface area contributed by atoms with E-state index in [1.54, 1.807) is 12.1 Å². The number of thiocarbonyl (C=S) groups is 1. The smallest absolute Gasteiger partial charge is 0.243 e. The van der Waals surface area contributed by atoms with Crippen LogP contribution in [0.4, 0.5) is 17.1 Å². The molecule has 0 saturated carbocycles. The van der Waals surface area contributed by atoms with E-state index < -0.39 is 10.0 Å². The first-order valence-electron chi connectivity index (χ1n) is 11.1. The van der Waals surface area contributed by atoms with Gasteiger partial charge < -0.3 is 20.3 Å². The molecule has 2 fully saturated rings. The quantitative estimate of drug-likeness (QED) is 0.638. The van der Waals surface area contributed by atoms with E-state index in [2.05, 4.69) is 15.5 Å². The molecule has 0 atom stereocenters. The fourth-order valence-electron chi connectivity index (χ4n) is 4.11. The molecular weight excluding hydrogens is 444 g/mol. The summed E-state index contributed by atoms with van der Waals surface area (Å²) < 4.78 is 33.3. The minimum Gasteiger partial charge on any atom is -0.379 e. The molecule has 2 saturated heterocycles. The van der Waals surface area contributed by atoms with Gasteiger partial charge >= 0.3 is 0 Å². The molecule has 0 unspecified atom stereocenters. The molecule has 2 aromatic rings. The fourth-order valence-corrected chi connectivity index (χ4v) is 5.77. The van der Waals surface area contributed by atoms with Crippen LogP contribution in [0.2, 0.25) is 0 Å². The van der Waals surface area contributed by atoms with E-state index in [-0.39, 0.29) is 4.90 Å². The van der Waals surface area contributed by atoms with Crippen molar-refractivity contribution in [2.24, 2.45) is 0 Å². The Morgan fingerprint density at radius 2 is 1.62 bits per heavy atom. The van der Waals surface area contributed by atoms with Gasteiger partial charge in [0.25, 0.3) is 0 Å². The van der Waals surface area contributed by atoms with Gasteiger partial charge in [0, 0.05) is 31.9 Å². The number of morpholine rings is 1. The van der Waals surface area contributed by atoms with E-state index >= 15 is 0 Å². The monoisotopic (exact) mass is 474 g/mol. The Labute approximate surface area is 195 Å². The van der Waals surface area contributed by atoms with Gasteiger partial charge in [0.15, 0.2) is 5.11 Å². The first-order chi connectivity index (χ1) is 15.4. The highest BCUT2D eigenvalue weighted by molar-refractivity contribution is 7.89. The van der Waals surface area contributed by atoms with Crippen LogP contribution in [0.5, 0.6) is 0 Å². The Kier molecular flexibility index (Phi) is 7.30. The van der Waals surface area contributed by atoms with Crippen LogP contribution >= 0.6 is 12.2 Å². The second-order valence-corrected chi connectivity index (χ2v) is 10.5. The number of nitrogens with one attached hydrogen (secondary N) is 2. The van der Waals surface area contributed by atoms with Crippen molar-refractivity contribution in [2.75, 3.05) is 54.9 Å². The van der Waals surface area contributed by atoms with Gasteiger partial charge in [0.05, 0.1) is 29.5 Å². The fraction of sp³-hybridized carbons (Fsp3) is 0.435. The third kappa shape index (κ3) is 5.23. The summed E-state index contributed by atoms with van der Waals surface area (Å²) in [6.07, 6.45) is 3.47. The van der Waals surface area contributed by atoms with E-state index in [0.717, 1.165) is 42.9 Å². The molecule has 2 heterocycles.